The van der Waals surface area contributed by atoms with Gasteiger partial charge in [-0.25, -0.2) is 18.4 Å². The molecule has 18 heavy (non-hydrogen) atoms. The van der Waals surface area contributed by atoms with Crippen LogP contribution in [0.25, 0.3) is 0 Å². The highest BCUT2D eigenvalue weighted by Gasteiger charge is 2.29. The number of carbonyl (C=O) groups is 1. The predicted molar refractivity (Wildman–Crippen MR) is 66.2 cm³/mol. The standard InChI is InChI=1S/C11H14N2O4S/c1-13(7-2-3-7)10-5-4-8(18(12,16)17)6-9(10)11(14)15/h4-7H,2-3H2,1H3,(H,14,15)(H2,12,16,17). The smallest absolute Gasteiger partial charge is 0.337 e. The minimum atomic E-state index is -3.89. The molecule has 2 rings (SSSR count). The van der Waals surface area contributed by atoms with Gasteiger partial charge in [-0.1, -0.05) is 0 Å². The van der Waals surface area contributed by atoms with Crippen molar-refractivity contribution in [2.24, 2.45) is 5.14 Å². The van der Waals surface area contributed by atoms with Crippen LogP contribution >= 0.6 is 0 Å². The molecule has 0 aliphatic heterocycles. The minimum Gasteiger partial charge on any atom is -0.478 e. The van der Waals surface area contributed by atoms with Crippen LogP contribution in [0.1, 0.15) is 23.2 Å². The number of aromatic carboxylic acids is 1. The Balaban J connectivity index is 2.51. The Morgan fingerprint density at radius 3 is 2.50 bits per heavy atom. The number of anilines is 1. The Bertz CT molecular complexity index is 593. The maximum Gasteiger partial charge on any atom is 0.337 e. The number of hydrogen-bond acceptors (Lipinski definition) is 4. The van der Waals surface area contributed by atoms with Crippen molar-refractivity contribution >= 4 is 21.7 Å². The predicted octanol–water partition coefficient (Wildman–Crippen LogP) is 0.631. The van der Waals surface area contributed by atoms with Gasteiger partial charge in [0.15, 0.2) is 0 Å². The van der Waals surface area contributed by atoms with Crippen LogP contribution < -0.4 is 10.0 Å². The number of carboxylic acids is 1. The summed E-state index contributed by atoms with van der Waals surface area (Å²) in [5.74, 6) is -1.16. The largest absolute Gasteiger partial charge is 0.478 e. The quantitative estimate of drug-likeness (QED) is 0.835. The number of benzene rings is 1. The molecule has 0 radical (unpaired) electrons. The molecule has 0 saturated heterocycles. The second kappa shape index (κ2) is 4.25. The fourth-order valence-electron chi connectivity index (χ4n) is 1.83. The zero-order valence-corrected chi connectivity index (χ0v) is 10.6. The van der Waals surface area contributed by atoms with E-state index < -0.39 is 16.0 Å². The summed E-state index contributed by atoms with van der Waals surface area (Å²) in [5, 5.41) is 14.1. The lowest BCUT2D eigenvalue weighted by atomic mass is 10.1. The number of carboxylic acid groups (broad SMARTS) is 1. The van der Waals surface area contributed by atoms with E-state index in [-0.39, 0.29) is 10.5 Å². The summed E-state index contributed by atoms with van der Waals surface area (Å²) in [4.78, 5) is 12.9. The second-order valence-electron chi connectivity index (χ2n) is 4.37. The zero-order chi connectivity index (χ0) is 13.5. The molecular formula is C11H14N2O4S. The van der Waals surface area contributed by atoms with Crippen LogP contribution in [0.15, 0.2) is 23.1 Å². The first-order valence-electron chi connectivity index (χ1n) is 5.43. The van der Waals surface area contributed by atoms with Crippen LogP contribution in [0.2, 0.25) is 0 Å². The highest BCUT2D eigenvalue weighted by molar-refractivity contribution is 7.89. The van der Waals surface area contributed by atoms with Gasteiger partial charge in [-0.3, -0.25) is 0 Å². The summed E-state index contributed by atoms with van der Waals surface area (Å²) in [6, 6.07) is 4.26. The van der Waals surface area contributed by atoms with Crippen molar-refractivity contribution in [3.63, 3.8) is 0 Å². The first-order valence-corrected chi connectivity index (χ1v) is 6.98. The van der Waals surface area contributed by atoms with Gasteiger partial charge >= 0.3 is 5.97 Å². The molecule has 1 aliphatic rings. The molecule has 0 bridgehead atoms. The molecule has 1 aliphatic carbocycles. The Morgan fingerprint density at radius 1 is 1.44 bits per heavy atom. The first kappa shape index (κ1) is 12.8. The summed E-state index contributed by atoms with van der Waals surface area (Å²) in [7, 11) is -2.09. The summed E-state index contributed by atoms with van der Waals surface area (Å²) < 4.78 is 22.4. The average molecular weight is 270 g/mol. The SMILES string of the molecule is CN(c1ccc(S(N)(=O)=O)cc1C(=O)O)C1CC1. The van der Waals surface area contributed by atoms with E-state index in [1.165, 1.54) is 12.1 Å². The molecule has 0 spiro atoms. The van der Waals surface area contributed by atoms with E-state index in [1.54, 1.807) is 7.05 Å². The van der Waals surface area contributed by atoms with Gasteiger partial charge in [0, 0.05) is 13.1 Å². The fraction of sp³-hybridized carbons (Fsp3) is 0.364. The van der Waals surface area contributed by atoms with Crippen LogP contribution in [0, 0.1) is 0 Å². The molecule has 0 unspecified atom stereocenters. The highest BCUT2D eigenvalue weighted by atomic mass is 32.2. The molecule has 98 valence electrons. The maximum absolute atomic E-state index is 11.2. The van der Waals surface area contributed by atoms with Gasteiger partial charge in [0.1, 0.15) is 0 Å². The van der Waals surface area contributed by atoms with E-state index in [9.17, 15) is 13.2 Å². The molecular weight excluding hydrogens is 256 g/mol. The molecule has 0 amide bonds. The minimum absolute atomic E-state index is 0.0454. The van der Waals surface area contributed by atoms with Crippen molar-refractivity contribution < 1.29 is 18.3 Å². The van der Waals surface area contributed by atoms with Crippen molar-refractivity contribution in [2.45, 2.75) is 23.8 Å². The molecule has 0 aromatic heterocycles. The molecule has 7 heteroatoms. The number of hydrogen-bond donors (Lipinski definition) is 2. The molecule has 1 aromatic rings. The van der Waals surface area contributed by atoms with Gasteiger partial charge in [0.25, 0.3) is 0 Å². The number of nitrogens with zero attached hydrogens (tertiary/aromatic N) is 1. The highest BCUT2D eigenvalue weighted by Crippen LogP contribution is 2.33. The Morgan fingerprint density at radius 2 is 2.06 bits per heavy atom. The van der Waals surface area contributed by atoms with Crippen LogP contribution in [-0.4, -0.2) is 32.6 Å². The average Bonchev–Trinajstić information content (AvgIpc) is 3.09. The summed E-state index contributed by atoms with van der Waals surface area (Å²) in [6.07, 6.45) is 2.04. The van der Waals surface area contributed by atoms with Crippen LogP contribution in [-0.2, 0) is 10.0 Å². The third-order valence-corrected chi connectivity index (χ3v) is 3.91. The number of sulfonamides is 1. The van der Waals surface area contributed by atoms with Crippen molar-refractivity contribution in [1.29, 1.82) is 0 Å². The summed E-state index contributed by atoms with van der Waals surface area (Å²) in [5.41, 5.74) is 0.466. The van der Waals surface area contributed by atoms with Gasteiger partial charge < -0.3 is 10.0 Å². The molecule has 1 saturated carbocycles. The Labute approximate surface area is 105 Å². The number of primary sulfonamides is 1. The van der Waals surface area contributed by atoms with Crippen LogP contribution in [0.4, 0.5) is 5.69 Å². The number of rotatable bonds is 4. The third-order valence-electron chi connectivity index (χ3n) is 3.00. The van der Waals surface area contributed by atoms with E-state index in [0.29, 0.717) is 11.7 Å². The van der Waals surface area contributed by atoms with E-state index >= 15 is 0 Å². The van der Waals surface area contributed by atoms with Crippen molar-refractivity contribution in [2.75, 3.05) is 11.9 Å². The molecule has 0 atom stereocenters. The van der Waals surface area contributed by atoms with Crippen molar-refractivity contribution in [1.82, 2.24) is 0 Å². The fourth-order valence-corrected chi connectivity index (χ4v) is 2.37. The van der Waals surface area contributed by atoms with Crippen molar-refractivity contribution in [3.8, 4) is 0 Å². The van der Waals surface area contributed by atoms with Gasteiger partial charge in [0.2, 0.25) is 10.0 Å². The van der Waals surface area contributed by atoms with E-state index in [2.05, 4.69) is 0 Å². The monoisotopic (exact) mass is 270 g/mol. The maximum atomic E-state index is 11.2. The Hall–Kier alpha value is -1.60. The van der Waals surface area contributed by atoms with Crippen molar-refractivity contribution in [3.05, 3.63) is 23.8 Å². The third kappa shape index (κ3) is 2.46. The summed E-state index contributed by atoms with van der Waals surface area (Å²) >= 11 is 0. The van der Waals surface area contributed by atoms with Crippen LogP contribution in [0.3, 0.4) is 0 Å². The van der Waals surface area contributed by atoms with Gasteiger partial charge in [-0.05, 0) is 31.0 Å². The Kier molecular flexibility index (Phi) is 3.04. The number of nitrogens with two attached hydrogens (primary N) is 1. The zero-order valence-electron chi connectivity index (χ0n) is 9.83. The lowest BCUT2D eigenvalue weighted by Crippen LogP contribution is -2.23. The van der Waals surface area contributed by atoms with Crippen LogP contribution in [0.5, 0.6) is 0 Å². The second-order valence-corrected chi connectivity index (χ2v) is 5.93. The van der Waals surface area contributed by atoms with Gasteiger partial charge in [0.05, 0.1) is 16.1 Å². The van der Waals surface area contributed by atoms with Gasteiger partial charge in [-0.2, -0.15) is 0 Å². The lowest BCUT2D eigenvalue weighted by molar-refractivity contribution is 0.0697. The van der Waals surface area contributed by atoms with E-state index in [1.807, 2.05) is 4.90 Å². The molecule has 1 fully saturated rings. The first-order chi connectivity index (χ1) is 8.30. The summed E-state index contributed by atoms with van der Waals surface area (Å²) in [6.45, 7) is 0. The molecule has 6 nitrogen and oxygen atoms in total. The molecule has 0 heterocycles. The topological polar surface area (TPSA) is 101 Å². The normalized spacial score (nSPS) is 15.4. The van der Waals surface area contributed by atoms with Gasteiger partial charge in [-0.15, -0.1) is 0 Å². The van der Waals surface area contributed by atoms with E-state index in [0.717, 1.165) is 18.9 Å². The van der Waals surface area contributed by atoms with E-state index in [4.69, 9.17) is 10.2 Å². The molecule has 1 aromatic carbocycles. The molecule has 3 N–H and O–H groups in total. The lowest BCUT2D eigenvalue weighted by Gasteiger charge is -2.21.